The van der Waals surface area contributed by atoms with E-state index in [0.29, 0.717) is 30.0 Å². The molecule has 0 fully saturated rings. The van der Waals surface area contributed by atoms with Crippen molar-refractivity contribution in [2.75, 3.05) is 13.7 Å². The number of aromatic nitrogens is 1. The Bertz CT molecular complexity index is 480. The topological polar surface area (TPSA) is 81.4 Å². The number of hydrogen-bond acceptors (Lipinski definition) is 5. The van der Waals surface area contributed by atoms with Gasteiger partial charge in [-0.15, -0.1) is 0 Å². The number of nitrogens with zero attached hydrogens (tertiary/aromatic N) is 1. The van der Waals surface area contributed by atoms with Crippen LogP contribution >= 0.6 is 0 Å². The lowest BCUT2D eigenvalue weighted by Crippen LogP contribution is -2.25. The Kier molecular flexibility index (Phi) is 6.91. The highest BCUT2D eigenvalue weighted by molar-refractivity contribution is 5.96. The van der Waals surface area contributed by atoms with Crippen LogP contribution in [-0.2, 0) is 9.53 Å². The van der Waals surface area contributed by atoms with Crippen molar-refractivity contribution in [2.24, 2.45) is 0 Å². The van der Waals surface area contributed by atoms with E-state index in [4.69, 9.17) is 4.52 Å². The number of nitrogens with one attached hydrogen (secondary N) is 1. The zero-order chi connectivity index (χ0) is 15.8. The molecule has 0 saturated carbocycles. The maximum Gasteiger partial charge on any atom is 0.305 e. The monoisotopic (exact) mass is 296 g/mol. The summed E-state index contributed by atoms with van der Waals surface area (Å²) in [6.07, 6.45) is 2.89. The molecule has 118 valence electrons. The van der Waals surface area contributed by atoms with Crippen molar-refractivity contribution in [1.29, 1.82) is 0 Å². The van der Waals surface area contributed by atoms with E-state index in [1.165, 1.54) is 7.11 Å². The number of esters is 1. The van der Waals surface area contributed by atoms with Gasteiger partial charge in [-0.25, -0.2) is 0 Å². The van der Waals surface area contributed by atoms with Gasteiger partial charge in [0.1, 0.15) is 5.56 Å². The third-order valence-electron chi connectivity index (χ3n) is 3.21. The normalized spacial score (nSPS) is 10.7. The second-order valence-corrected chi connectivity index (χ2v) is 5.30. The van der Waals surface area contributed by atoms with E-state index < -0.39 is 0 Å². The van der Waals surface area contributed by atoms with Crippen LogP contribution < -0.4 is 5.32 Å². The van der Waals surface area contributed by atoms with Crippen molar-refractivity contribution < 1.29 is 18.8 Å². The molecule has 1 amide bonds. The van der Waals surface area contributed by atoms with Gasteiger partial charge in [0.25, 0.3) is 5.91 Å². The fourth-order valence-electron chi connectivity index (χ4n) is 2.02. The number of aryl methyl sites for hydroxylation is 1. The van der Waals surface area contributed by atoms with Crippen molar-refractivity contribution in [3.8, 4) is 0 Å². The first-order valence-electron chi connectivity index (χ1n) is 7.28. The van der Waals surface area contributed by atoms with Gasteiger partial charge < -0.3 is 14.6 Å². The molecule has 0 bridgehead atoms. The first-order valence-corrected chi connectivity index (χ1v) is 7.28. The summed E-state index contributed by atoms with van der Waals surface area (Å²) < 4.78 is 9.77. The third-order valence-corrected chi connectivity index (χ3v) is 3.21. The average molecular weight is 296 g/mol. The maximum atomic E-state index is 12.2. The number of carbonyl (C=O) groups is 2. The van der Waals surface area contributed by atoms with Gasteiger partial charge in [-0.1, -0.05) is 25.4 Å². The molecule has 0 aliphatic carbocycles. The summed E-state index contributed by atoms with van der Waals surface area (Å²) in [7, 11) is 1.39. The maximum absolute atomic E-state index is 12.2. The van der Waals surface area contributed by atoms with E-state index in [-0.39, 0.29) is 17.8 Å². The molecule has 1 aromatic heterocycles. The Hall–Kier alpha value is -1.85. The average Bonchev–Trinajstić information content (AvgIpc) is 2.84. The van der Waals surface area contributed by atoms with Gasteiger partial charge in [-0.05, 0) is 19.8 Å². The van der Waals surface area contributed by atoms with E-state index in [1.807, 2.05) is 13.8 Å². The minimum Gasteiger partial charge on any atom is -0.469 e. The lowest BCUT2D eigenvalue weighted by Gasteiger charge is -2.07. The van der Waals surface area contributed by atoms with Crippen molar-refractivity contribution in [3.05, 3.63) is 17.0 Å². The number of carbonyl (C=O) groups excluding carboxylic acids is 2. The summed E-state index contributed by atoms with van der Waals surface area (Å²) in [4.78, 5) is 23.1. The SMILES string of the molecule is COC(=O)CCCCCNC(=O)c1c(C)noc1C(C)C. The van der Waals surface area contributed by atoms with E-state index in [0.717, 1.165) is 19.3 Å². The fraction of sp³-hybridized carbons (Fsp3) is 0.667. The molecule has 0 unspecified atom stereocenters. The van der Waals surface area contributed by atoms with E-state index in [2.05, 4.69) is 15.2 Å². The van der Waals surface area contributed by atoms with Crippen molar-refractivity contribution in [1.82, 2.24) is 10.5 Å². The predicted molar refractivity (Wildman–Crippen MR) is 78.1 cm³/mol. The Balaban J connectivity index is 2.35. The number of methoxy groups -OCH3 is 1. The smallest absolute Gasteiger partial charge is 0.305 e. The minimum absolute atomic E-state index is 0.118. The Morgan fingerprint density at radius 2 is 2.00 bits per heavy atom. The van der Waals surface area contributed by atoms with Crippen LogP contribution in [0.2, 0.25) is 0 Å². The van der Waals surface area contributed by atoms with Crippen LogP contribution in [0.15, 0.2) is 4.52 Å². The van der Waals surface area contributed by atoms with Gasteiger partial charge in [0.2, 0.25) is 0 Å². The molecule has 0 saturated heterocycles. The molecule has 21 heavy (non-hydrogen) atoms. The molecule has 1 aromatic rings. The van der Waals surface area contributed by atoms with Gasteiger partial charge in [-0.3, -0.25) is 9.59 Å². The largest absolute Gasteiger partial charge is 0.469 e. The molecule has 6 heteroatoms. The molecular weight excluding hydrogens is 272 g/mol. The zero-order valence-electron chi connectivity index (χ0n) is 13.2. The lowest BCUT2D eigenvalue weighted by molar-refractivity contribution is -0.140. The molecule has 0 spiro atoms. The highest BCUT2D eigenvalue weighted by Crippen LogP contribution is 2.21. The van der Waals surface area contributed by atoms with Crippen LogP contribution in [0.25, 0.3) is 0 Å². The van der Waals surface area contributed by atoms with Crippen LogP contribution in [0.4, 0.5) is 0 Å². The molecule has 1 heterocycles. The highest BCUT2D eigenvalue weighted by Gasteiger charge is 2.21. The first kappa shape index (κ1) is 17.2. The van der Waals surface area contributed by atoms with E-state index in [9.17, 15) is 9.59 Å². The summed E-state index contributed by atoms with van der Waals surface area (Å²) in [5.41, 5.74) is 1.15. The van der Waals surface area contributed by atoms with E-state index >= 15 is 0 Å². The molecule has 1 N–H and O–H groups in total. The summed E-state index contributed by atoms with van der Waals surface area (Å²) in [5, 5.41) is 6.73. The first-order chi connectivity index (χ1) is 9.97. The number of amides is 1. The summed E-state index contributed by atoms with van der Waals surface area (Å²) in [6, 6.07) is 0. The van der Waals surface area contributed by atoms with Crippen LogP contribution in [0, 0.1) is 6.92 Å². The van der Waals surface area contributed by atoms with Gasteiger partial charge in [-0.2, -0.15) is 0 Å². The van der Waals surface area contributed by atoms with Crippen LogP contribution in [0.3, 0.4) is 0 Å². The lowest BCUT2D eigenvalue weighted by atomic mass is 10.0. The van der Waals surface area contributed by atoms with Crippen molar-refractivity contribution in [2.45, 2.75) is 52.4 Å². The minimum atomic E-state index is -0.194. The highest BCUT2D eigenvalue weighted by atomic mass is 16.5. The standard InChI is InChI=1S/C15H24N2O4/c1-10(2)14-13(11(3)17-21-14)15(19)16-9-7-5-6-8-12(18)20-4/h10H,5-9H2,1-4H3,(H,16,19). The zero-order valence-corrected chi connectivity index (χ0v) is 13.2. The third kappa shape index (κ3) is 5.21. The predicted octanol–water partition coefficient (Wildman–Crippen LogP) is 2.57. The number of hydrogen-bond donors (Lipinski definition) is 1. The molecule has 6 nitrogen and oxygen atoms in total. The number of unbranched alkanes of at least 4 members (excludes halogenated alkanes) is 2. The number of rotatable bonds is 8. The van der Waals surface area contributed by atoms with Crippen molar-refractivity contribution in [3.63, 3.8) is 0 Å². The fourth-order valence-corrected chi connectivity index (χ4v) is 2.02. The Labute approximate surface area is 125 Å². The van der Waals surface area contributed by atoms with E-state index in [1.54, 1.807) is 6.92 Å². The van der Waals surface area contributed by atoms with Crippen LogP contribution in [0.1, 0.15) is 67.3 Å². The van der Waals surface area contributed by atoms with Gasteiger partial charge in [0.15, 0.2) is 5.76 Å². The summed E-state index contributed by atoms with van der Waals surface area (Å²) >= 11 is 0. The van der Waals surface area contributed by atoms with Gasteiger partial charge >= 0.3 is 5.97 Å². The van der Waals surface area contributed by atoms with Gasteiger partial charge in [0, 0.05) is 18.9 Å². The second-order valence-electron chi connectivity index (χ2n) is 5.30. The summed E-state index contributed by atoms with van der Waals surface area (Å²) in [5.74, 6) is 0.397. The molecule has 0 aliphatic heterocycles. The molecule has 0 aliphatic rings. The van der Waals surface area contributed by atoms with Crippen LogP contribution in [-0.4, -0.2) is 30.7 Å². The molecule has 1 rings (SSSR count). The van der Waals surface area contributed by atoms with Crippen LogP contribution in [0.5, 0.6) is 0 Å². The molecular formula is C15H24N2O4. The Morgan fingerprint density at radius 3 is 2.62 bits per heavy atom. The molecule has 0 aromatic carbocycles. The number of ether oxygens (including phenoxy) is 1. The molecule has 0 atom stereocenters. The summed E-state index contributed by atoms with van der Waals surface area (Å²) in [6.45, 7) is 6.26. The van der Waals surface area contributed by atoms with Gasteiger partial charge in [0.05, 0.1) is 12.8 Å². The quantitative estimate of drug-likeness (QED) is 0.589. The Morgan fingerprint density at radius 1 is 1.29 bits per heavy atom. The van der Waals surface area contributed by atoms with Crippen molar-refractivity contribution >= 4 is 11.9 Å². The molecule has 0 radical (unpaired) electrons. The second kappa shape index (κ2) is 8.44.